The van der Waals surface area contributed by atoms with Crippen molar-refractivity contribution < 1.29 is 14.3 Å². The Labute approximate surface area is 109 Å². The van der Waals surface area contributed by atoms with Crippen LogP contribution in [0.5, 0.6) is 5.75 Å². The molecule has 0 unspecified atom stereocenters. The van der Waals surface area contributed by atoms with E-state index in [0.717, 1.165) is 29.5 Å². The number of carbonyl (C=O) groups excluding carboxylic acids is 1. The molecule has 1 aromatic heterocycles. The van der Waals surface area contributed by atoms with Gasteiger partial charge in [0.15, 0.2) is 0 Å². The van der Waals surface area contributed by atoms with Gasteiger partial charge in [-0.1, -0.05) is 0 Å². The van der Waals surface area contributed by atoms with Gasteiger partial charge in [-0.15, -0.1) is 0 Å². The number of hydrogen-bond acceptors (Lipinski definition) is 3. The second kappa shape index (κ2) is 5.09. The number of carbonyl (C=O) groups is 1. The molecule has 0 aliphatic carbocycles. The van der Waals surface area contributed by atoms with Crippen LogP contribution < -0.4 is 5.32 Å². The third-order valence-electron chi connectivity index (χ3n) is 2.76. The van der Waals surface area contributed by atoms with E-state index >= 15 is 0 Å². The van der Waals surface area contributed by atoms with Crippen molar-refractivity contribution in [1.82, 2.24) is 15.1 Å². The van der Waals surface area contributed by atoms with E-state index in [9.17, 15) is 14.3 Å². The maximum atomic E-state index is 13.0. The Kier molecular flexibility index (Phi) is 3.50. The summed E-state index contributed by atoms with van der Waals surface area (Å²) in [4.78, 5) is 11.8. The first-order valence-corrected chi connectivity index (χ1v) is 5.73. The van der Waals surface area contributed by atoms with E-state index in [1.807, 2.05) is 6.92 Å². The first kappa shape index (κ1) is 13.1. The minimum atomic E-state index is -0.569. The van der Waals surface area contributed by atoms with Crippen LogP contribution in [0.3, 0.4) is 0 Å². The highest BCUT2D eigenvalue weighted by Gasteiger charge is 2.13. The molecule has 100 valence electrons. The number of aromatic nitrogens is 2. The zero-order valence-electron chi connectivity index (χ0n) is 10.6. The lowest BCUT2D eigenvalue weighted by molar-refractivity contribution is 0.0947. The Morgan fingerprint density at radius 3 is 2.89 bits per heavy atom. The van der Waals surface area contributed by atoms with Crippen LogP contribution in [0.15, 0.2) is 24.4 Å². The molecule has 1 aromatic carbocycles. The molecule has 2 rings (SSSR count). The second-order valence-electron chi connectivity index (χ2n) is 4.26. The number of nitrogens with one attached hydrogen (secondary N) is 1. The molecule has 0 saturated carbocycles. The van der Waals surface area contributed by atoms with E-state index in [0.29, 0.717) is 0 Å². The van der Waals surface area contributed by atoms with Crippen LogP contribution in [0.25, 0.3) is 0 Å². The summed E-state index contributed by atoms with van der Waals surface area (Å²) in [6, 6.07) is 3.25. The molecule has 0 spiro atoms. The predicted octanol–water partition coefficient (Wildman–Crippen LogP) is 1.50. The second-order valence-corrected chi connectivity index (χ2v) is 4.26. The summed E-state index contributed by atoms with van der Waals surface area (Å²) in [7, 11) is 1.79. The molecular formula is C13H14FN3O2. The fourth-order valence-electron chi connectivity index (χ4n) is 1.78. The van der Waals surface area contributed by atoms with Gasteiger partial charge in [0.1, 0.15) is 11.6 Å². The lowest BCUT2D eigenvalue weighted by atomic mass is 10.1. The van der Waals surface area contributed by atoms with Crippen LogP contribution in [0.4, 0.5) is 4.39 Å². The van der Waals surface area contributed by atoms with Crippen molar-refractivity contribution in [2.75, 3.05) is 0 Å². The van der Waals surface area contributed by atoms with Crippen LogP contribution in [-0.4, -0.2) is 20.8 Å². The molecule has 6 heteroatoms. The fraction of sp³-hybridized carbons (Fsp3) is 0.231. The van der Waals surface area contributed by atoms with Gasteiger partial charge in [0.05, 0.1) is 11.3 Å². The van der Waals surface area contributed by atoms with Crippen molar-refractivity contribution in [3.05, 3.63) is 47.0 Å². The lowest BCUT2D eigenvalue weighted by Gasteiger charge is -2.06. The minimum absolute atomic E-state index is 0.0819. The van der Waals surface area contributed by atoms with E-state index < -0.39 is 11.7 Å². The molecule has 1 amide bonds. The number of benzene rings is 1. The average molecular weight is 263 g/mol. The number of rotatable bonds is 3. The molecule has 0 radical (unpaired) electrons. The van der Waals surface area contributed by atoms with Gasteiger partial charge >= 0.3 is 0 Å². The molecule has 19 heavy (non-hydrogen) atoms. The number of phenols is 1. The van der Waals surface area contributed by atoms with E-state index in [-0.39, 0.29) is 17.9 Å². The highest BCUT2D eigenvalue weighted by Crippen LogP contribution is 2.17. The van der Waals surface area contributed by atoms with Crippen molar-refractivity contribution in [1.29, 1.82) is 0 Å². The quantitative estimate of drug-likeness (QED) is 0.882. The van der Waals surface area contributed by atoms with E-state index in [4.69, 9.17) is 0 Å². The van der Waals surface area contributed by atoms with Crippen LogP contribution in [-0.2, 0) is 13.6 Å². The zero-order chi connectivity index (χ0) is 14.0. The summed E-state index contributed by atoms with van der Waals surface area (Å²) in [5.41, 5.74) is 1.60. The summed E-state index contributed by atoms with van der Waals surface area (Å²) in [5, 5.41) is 16.3. The Hall–Kier alpha value is -2.37. The summed E-state index contributed by atoms with van der Waals surface area (Å²) in [6.07, 6.45) is 1.79. The van der Waals surface area contributed by atoms with Gasteiger partial charge < -0.3 is 10.4 Å². The van der Waals surface area contributed by atoms with E-state index in [1.165, 1.54) is 0 Å². The number of aromatic hydroxyl groups is 1. The van der Waals surface area contributed by atoms with Crippen LogP contribution in [0, 0.1) is 12.7 Å². The van der Waals surface area contributed by atoms with Crippen molar-refractivity contribution in [3.8, 4) is 5.75 Å². The molecule has 2 aromatic rings. The third kappa shape index (κ3) is 2.90. The van der Waals surface area contributed by atoms with Crippen molar-refractivity contribution >= 4 is 5.91 Å². The predicted molar refractivity (Wildman–Crippen MR) is 67.2 cm³/mol. The average Bonchev–Trinajstić information content (AvgIpc) is 2.68. The van der Waals surface area contributed by atoms with Gasteiger partial charge in [0, 0.05) is 25.4 Å². The molecule has 0 saturated heterocycles. The highest BCUT2D eigenvalue weighted by molar-refractivity contribution is 5.96. The minimum Gasteiger partial charge on any atom is -0.507 e. The molecule has 0 atom stereocenters. The molecule has 0 bridgehead atoms. The van der Waals surface area contributed by atoms with Crippen molar-refractivity contribution in [2.45, 2.75) is 13.5 Å². The van der Waals surface area contributed by atoms with Crippen molar-refractivity contribution in [3.63, 3.8) is 0 Å². The smallest absolute Gasteiger partial charge is 0.255 e. The van der Waals surface area contributed by atoms with Gasteiger partial charge in [-0.3, -0.25) is 9.48 Å². The highest BCUT2D eigenvalue weighted by atomic mass is 19.1. The Balaban J connectivity index is 2.09. The summed E-state index contributed by atoms with van der Waals surface area (Å²) in [6.45, 7) is 2.11. The first-order chi connectivity index (χ1) is 8.97. The first-order valence-electron chi connectivity index (χ1n) is 5.73. The van der Waals surface area contributed by atoms with Gasteiger partial charge in [-0.25, -0.2) is 4.39 Å². The van der Waals surface area contributed by atoms with Gasteiger partial charge in [-0.05, 0) is 25.1 Å². The number of phenolic OH excluding ortho intramolecular Hbond substituents is 1. The summed E-state index contributed by atoms with van der Waals surface area (Å²) in [5.74, 6) is -1.34. The maximum absolute atomic E-state index is 13.0. The monoisotopic (exact) mass is 263 g/mol. The van der Waals surface area contributed by atoms with Gasteiger partial charge in [0.2, 0.25) is 0 Å². The number of nitrogens with zero attached hydrogens (tertiary/aromatic N) is 2. The maximum Gasteiger partial charge on any atom is 0.255 e. The standard InChI is InChI=1S/C13H14FN3O2/c1-8-9(7-17(2)16-8)6-15-13(19)11-5-10(14)3-4-12(11)18/h3-5,7,18H,6H2,1-2H3,(H,15,19). The molecular weight excluding hydrogens is 249 g/mol. The Bertz CT molecular complexity index is 622. The fourth-order valence-corrected chi connectivity index (χ4v) is 1.78. The van der Waals surface area contributed by atoms with Crippen LogP contribution in [0.2, 0.25) is 0 Å². The van der Waals surface area contributed by atoms with E-state index in [1.54, 1.807) is 17.9 Å². The largest absolute Gasteiger partial charge is 0.507 e. The molecule has 5 nitrogen and oxygen atoms in total. The third-order valence-corrected chi connectivity index (χ3v) is 2.76. The summed E-state index contributed by atoms with van der Waals surface area (Å²) < 4.78 is 14.7. The van der Waals surface area contributed by atoms with Gasteiger partial charge in [-0.2, -0.15) is 5.10 Å². The molecule has 2 N–H and O–H groups in total. The van der Waals surface area contributed by atoms with Crippen LogP contribution in [0.1, 0.15) is 21.6 Å². The van der Waals surface area contributed by atoms with Crippen LogP contribution >= 0.6 is 0 Å². The number of aryl methyl sites for hydroxylation is 2. The molecule has 0 aliphatic rings. The molecule has 0 fully saturated rings. The normalized spacial score (nSPS) is 10.5. The molecule has 0 aliphatic heterocycles. The van der Waals surface area contributed by atoms with Gasteiger partial charge in [0.25, 0.3) is 5.91 Å². The number of hydrogen-bond donors (Lipinski definition) is 2. The Morgan fingerprint density at radius 1 is 1.53 bits per heavy atom. The lowest BCUT2D eigenvalue weighted by Crippen LogP contribution is -2.23. The molecule has 1 heterocycles. The Morgan fingerprint density at radius 2 is 2.26 bits per heavy atom. The number of amides is 1. The van der Waals surface area contributed by atoms with E-state index in [2.05, 4.69) is 10.4 Å². The topological polar surface area (TPSA) is 67.2 Å². The summed E-state index contributed by atoms with van der Waals surface area (Å²) >= 11 is 0. The van der Waals surface area contributed by atoms with Crippen molar-refractivity contribution in [2.24, 2.45) is 7.05 Å². The number of halogens is 1. The zero-order valence-corrected chi connectivity index (χ0v) is 10.6. The SMILES string of the molecule is Cc1nn(C)cc1CNC(=O)c1cc(F)ccc1O.